The molecule has 2 aromatic carbocycles. The number of anilines is 1. The van der Waals surface area contributed by atoms with Crippen LogP contribution in [0, 0.1) is 6.92 Å². The van der Waals surface area contributed by atoms with Crippen LogP contribution < -0.4 is 5.32 Å². The van der Waals surface area contributed by atoms with Crippen molar-refractivity contribution in [2.45, 2.75) is 11.8 Å². The Hall–Kier alpha value is -2.18. The largest absolute Gasteiger partial charge is 0.322 e. The second-order valence-corrected chi connectivity index (χ2v) is 7.21. The second-order valence-electron chi connectivity index (χ2n) is 5.09. The minimum atomic E-state index is -3.55. The number of nitrogens with one attached hydrogen (secondary N) is 1. The number of sulfonamides is 1. The van der Waals surface area contributed by atoms with E-state index in [2.05, 4.69) is 5.32 Å². The summed E-state index contributed by atoms with van der Waals surface area (Å²) in [4.78, 5) is 12.3. The molecule has 0 aliphatic rings. The van der Waals surface area contributed by atoms with Crippen molar-refractivity contribution < 1.29 is 13.2 Å². The standard InChI is InChI=1S/C16H18N2O3S/c1-12-9-10-14(11-15(12)22(20,21)18(2)3)17-16(19)13-7-5-4-6-8-13/h4-11H,1-3H3,(H,17,19). The van der Waals surface area contributed by atoms with Crippen molar-refractivity contribution in [2.24, 2.45) is 0 Å². The molecule has 0 spiro atoms. The van der Waals surface area contributed by atoms with Gasteiger partial charge < -0.3 is 5.32 Å². The van der Waals surface area contributed by atoms with E-state index in [9.17, 15) is 13.2 Å². The molecular weight excluding hydrogens is 300 g/mol. The summed E-state index contributed by atoms with van der Waals surface area (Å²) in [5.74, 6) is -0.280. The Kier molecular flexibility index (Phi) is 4.63. The highest BCUT2D eigenvalue weighted by molar-refractivity contribution is 7.89. The van der Waals surface area contributed by atoms with Crippen molar-refractivity contribution >= 4 is 21.6 Å². The zero-order valence-electron chi connectivity index (χ0n) is 12.7. The summed E-state index contributed by atoms with van der Waals surface area (Å²) < 4.78 is 25.7. The van der Waals surface area contributed by atoms with Crippen LogP contribution in [-0.2, 0) is 10.0 Å². The molecule has 0 heterocycles. The number of rotatable bonds is 4. The molecule has 0 radical (unpaired) electrons. The van der Waals surface area contributed by atoms with Gasteiger partial charge in [-0.1, -0.05) is 24.3 Å². The fourth-order valence-electron chi connectivity index (χ4n) is 1.95. The summed E-state index contributed by atoms with van der Waals surface area (Å²) in [6, 6.07) is 13.6. The molecule has 0 aliphatic heterocycles. The van der Waals surface area contributed by atoms with Crippen molar-refractivity contribution in [3.8, 4) is 0 Å². The van der Waals surface area contributed by atoms with Crippen molar-refractivity contribution in [2.75, 3.05) is 19.4 Å². The second kappa shape index (κ2) is 6.29. The molecule has 0 unspecified atom stereocenters. The first-order chi connectivity index (χ1) is 10.3. The molecule has 0 saturated heterocycles. The van der Waals surface area contributed by atoms with Gasteiger partial charge in [0.2, 0.25) is 10.0 Å². The maximum atomic E-state index is 12.3. The maximum Gasteiger partial charge on any atom is 0.255 e. The first kappa shape index (κ1) is 16.2. The van der Waals surface area contributed by atoms with E-state index in [1.54, 1.807) is 43.3 Å². The summed E-state index contributed by atoms with van der Waals surface area (Å²) in [6.07, 6.45) is 0. The molecule has 22 heavy (non-hydrogen) atoms. The van der Waals surface area contributed by atoms with Gasteiger partial charge in [0.15, 0.2) is 0 Å². The molecule has 0 aliphatic carbocycles. The number of carbonyl (C=O) groups is 1. The zero-order valence-corrected chi connectivity index (χ0v) is 13.5. The number of nitrogens with zero attached hydrogens (tertiary/aromatic N) is 1. The minimum absolute atomic E-state index is 0.184. The van der Waals surface area contributed by atoms with Crippen LogP contribution >= 0.6 is 0 Å². The van der Waals surface area contributed by atoms with E-state index in [0.717, 1.165) is 4.31 Å². The quantitative estimate of drug-likeness (QED) is 0.942. The third-order valence-electron chi connectivity index (χ3n) is 3.24. The molecule has 0 fully saturated rings. The Morgan fingerprint density at radius 2 is 1.68 bits per heavy atom. The maximum absolute atomic E-state index is 12.3. The topological polar surface area (TPSA) is 66.5 Å². The predicted octanol–water partition coefficient (Wildman–Crippen LogP) is 2.50. The van der Waals surface area contributed by atoms with Crippen molar-refractivity contribution in [3.63, 3.8) is 0 Å². The smallest absolute Gasteiger partial charge is 0.255 e. The van der Waals surface area contributed by atoms with E-state index < -0.39 is 10.0 Å². The van der Waals surface area contributed by atoms with Gasteiger partial charge in [0.25, 0.3) is 5.91 Å². The first-order valence-electron chi connectivity index (χ1n) is 6.72. The fraction of sp³-hybridized carbons (Fsp3) is 0.188. The Bertz CT molecular complexity index is 784. The third kappa shape index (κ3) is 3.35. The van der Waals surface area contributed by atoms with Crippen LogP contribution in [0.3, 0.4) is 0 Å². The summed E-state index contributed by atoms with van der Waals surface area (Å²) in [6.45, 7) is 1.72. The molecule has 1 N–H and O–H groups in total. The summed E-state index contributed by atoms with van der Waals surface area (Å²) in [7, 11) is -0.596. The average Bonchev–Trinajstić information content (AvgIpc) is 2.49. The van der Waals surface area contributed by atoms with Gasteiger partial charge in [-0.25, -0.2) is 12.7 Å². The lowest BCUT2D eigenvalue weighted by atomic mass is 10.2. The molecule has 6 heteroatoms. The zero-order chi connectivity index (χ0) is 16.3. The van der Waals surface area contributed by atoms with Crippen LogP contribution in [0.25, 0.3) is 0 Å². The lowest BCUT2D eigenvalue weighted by molar-refractivity contribution is 0.102. The number of benzene rings is 2. The molecule has 2 aromatic rings. The number of hydrogen-bond donors (Lipinski definition) is 1. The summed E-state index contributed by atoms with van der Waals surface area (Å²) >= 11 is 0. The van der Waals surface area contributed by atoms with E-state index in [4.69, 9.17) is 0 Å². The van der Waals surface area contributed by atoms with Gasteiger partial charge in [-0.3, -0.25) is 4.79 Å². The monoisotopic (exact) mass is 318 g/mol. The van der Waals surface area contributed by atoms with Gasteiger partial charge in [0.05, 0.1) is 4.90 Å². The van der Waals surface area contributed by atoms with E-state index in [1.807, 2.05) is 6.07 Å². The Morgan fingerprint density at radius 3 is 2.27 bits per heavy atom. The van der Waals surface area contributed by atoms with Crippen LogP contribution in [0.4, 0.5) is 5.69 Å². The van der Waals surface area contributed by atoms with Gasteiger partial charge in [-0.05, 0) is 36.8 Å². The summed E-state index contributed by atoms with van der Waals surface area (Å²) in [5, 5.41) is 2.71. The van der Waals surface area contributed by atoms with Crippen LogP contribution in [0.15, 0.2) is 53.4 Å². The highest BCUT2D eigenvalue weighted by atomic mass is 32.2. The number of amides is 1. The van der Waals surface area contributed by atoms with E-state index >= 15 is 0 Å². The van der Waals surface area contributed by atoms with Crippen LogP contribution in [0.2, 0.25) is 0 Å². The Balaban J connectivity index is 2.33. The van der Waals surface area contributed by atoms with E-state index in [0.29, 0.717) is 16.8 Å². The lowest BCUT2D eigenvalue weighted by Gasteiger charge is -2.15. The molecule has 0 bridgehead atoms. The highest BCUT2D eigenvalue weighted by Crippen LogP contribution is 2.22. The van der Waals surface area contributed by atoms with Crippen LogP contribution in [0.1, 0.15) is 15.9 Å². The van der Waals surface area contributed by atoms with Crippen molar-refractivity contribution in [1.82, 2.24) is 4.31 Å². The first-order valence-corrected chi connectivity index (χ1v) is 8.16. The fourth-order valence-corrected chi connectivity index (χ4v) is 3.09. The molecule has 1 amide bonds. The predicted molar refractivity (Wildman–Crippen MR) is 86.4 cm³/mol. The van der Waals surface area contributed by atoms with E-state index in [1.165, 1.54) is 20.2 Å². The minimum Gasteiger partial charge on any atom is -0.322 e. The van der Waals surface area contributed by atoms with Gasteiger partial charge in [0, 0.05) is 25.3 Å². The molecule has 0 atom stereocenters. The van der Waals surface area contributed by atoms with Crippen molar-refractivity contribution in [1.29, 1.82) is 0 Å². The van der Waals surface area contributed by atoms with Gasteiger partial charge in [-0.2, -0.15) is 0 Å². The number of aryl methyl sites for hydroxylation is 1. The molecular formula is C16H18N2O3S. The summed E-state index contributed by atoms with van der Waals surface area (Å²) in [5.41, 5.74) is 1.59. The van der Waals surface area contributed by atoms with Crippen LogP contribution in [0.5, 0.6) is 0 Å². The Morgan fingerprint density at radius 1 is 1.05 bits per heavy atom. The molecule has 5 nitrogen and oxygen atoms in total. The van der Waals surface area contributed by atoms with E-state index in [-0.39, 0.29) is 10.8 Å². The highest BCUT2D eigenvalue weighted by Gasteiger charge is 2.20. The van der Waals surface area contributed by atoms with Gasteiger partial charge in [-0.15, -0.1) is 0 Å². The molecule has 0 aromatic heterocycles. The van der Waals surface area contributed by atoms with Crippen molar-refractivity contribution in [3.05, 3.63) is 59.7 Å². The number of carbonyl (C=O) groups excluding carboxylic acids is 1. The molecule has 2 rings (SSSR count). The average molecular weight is 318 g/mol. The lowest BCUT2D eigenvalue weighted by Crippen LogP contribution is -2.23. The normalized spacial score (nSPS) is 11.5. The van der Waals surface area contributed by atoms with Gasteiger partial charge in [0.1, 0.15) is 0 Å². The van der Waals surface area contributed by atoms with Gasteiger partial charge >= 0.3 is 0 Å². The Labute approximate surface area is 130 Å². The number of hydrogen-bond acceptors (Lipinski definition) is 3. The van der Waals surface area contributed by atoms with Crippen LogP contribution in [-0.4, -0.2) is 32.7 Å². The SMILES string of the molecule is Cc1ccc(NC(=O)c2ccccc2)cc1S(=O)(=O)N(C)C. The molecule has 0 saturated carbocycles. The third-order valence-corrected chi connectivity index (χ3v) is 5.20. The molecule has 116 valence electrons.